The average molecular weight is 383 g/mol. The smallest absolute Gasteiger partial charge is 0.191 e. The van der Waals surface area contributed by atoms with Crippen LogP contribution in [0, 0.1) is 19.7 Å². The van der Waals surface area contributed by atoms with Gasteiger partial charge in [-0.3, -0.25) is 4.57 Å². The van der Waals surface area contributed by atoms with Gasteiger partial charge in [0.05, 0.1) is 0 Å². The molecule has 1 aromatic heterocycles. The summed E-state index contributed by atoms with van der Waals surface area (Å²) < 4.78 is 21.0. The van der Waals surface area contributed by atoms with Crippen LogP contribution in [0.25, 0.3) is 0 Å². The molecule has 0 aliphatic heterocycles. The predicted octanol–water partition coefficient (Wildman–Crippen LogP) is 5.09. The summed E-state index contributed by atoms with van der Waals surface area (Å²) in [7, 11) is 0. The molecule has 0 spiro atoms. The summed E-state index contributed by atoms with van der Waals surface area (Å²) in [6.07, 6.45) is 1.81. The van der Waals surface area contributed by atoms with E-state index >= 15 is 0 Å². The Labute approximate surface area is 163 Å². The second kappa shape index (κ2) is 8.86. The largest absolute Gasteiger partial charge is 0.485 e. The summed E-state index contributed by atoms with van der Waals surface area (Å²) in [5.41, 5.74) is 3.33. The molecule has 0 radical (unpaired) electrons. The van der Waals surface area contributed by atoms with Crippen LogP contribution >= 0.6 is 11.8 Å². The minimum Gasteiger partial charge on any atom is -0.485 e. The molecule has 1 heterocycles. The molecule has 2 aromatic carbocycles. The fraction of sp³-hybridized carbons (Fsp3) is 0.238. The van der Waals surface area contributed by atoms with Crippen LogP contribution < -0.4 is 4.74 Å². The number of thioether (sulfide) groups is 1. The van der Waals surface area contributed by atoms with Gasteiger partial charge in [-0.25, -0.2) is 4.39 Å². The van der Waals surface area contributed by atoms with Gasteiger partial charge in [0.25, 0.3) is 0 Å². The third-order valence-corrected chi connectivity index (χ3v) is 5.11. The third-order valence-electron chi connectivity index (χ3n) is 4.07. The van der Waals surface area contributed by atoms with Crippen molar-refractivity contribution in [3.63, 3.8) is 0 Å². The third kappa shape index (κ3) is 4.98. The van der Waals surface area contributed by atoms with E-state index in [1.165, 1.54) is 17.7 Å². The lowest BCUT2D eigenvalue weighted by Crippen LogP contribution is -2.08. The molecule has 0 N–H and O–H groups in total. The highest BCUT2D eigenvalue weighted by atomic mass is 32.2. The molecule has 4 nitrogen and oxygen atoms in total. The topological polar surface area (TPSA) is 39.9 Å². The number of benzene rings is 2. The molecule has 0 fully saturated rings. The normalized spacial score (nSPS) is 10.8. The minimum atomic E-state index is -0.232. The highest BCUT2D eigenvalue weighted by Crippen LogP contribution is 2.24. The zero-order valence-corrected chi connectivity index (χ0v) is 16.3. The van der Waals surface area contributed by atoms with Crippen LogP contribution in [-0.2, 0) is 18.9 Å². The standard InChI is InChI=1S/C21H22FN3OS/c1-4-11-25-20(13-26-19-10-5-15(2)12-16(19)3)23-24-21(25)27-14-17-6-8-18(22)9-7-17/h4-10,12H,1,11,13-14H2,2-3H3. The van der Waals surface area contributed by atoms with Gasteiger partial charge >= 0.3 is 0 Å². The Balaban J connectivity index is 1.70. The number of allylic oxidation sites excluding steroid dienone is 1. The summed E-state index contributed by atoms with van der Waals surface area (Å²) in [4.78, 5) is 0. The van der Waals surface area contributed by atoms with Gasteiger partial charge in [0.15, 0.2) is 11.0 Å². The van der Waals surface area contributed by atoms with Crippen LogP contribution in [-0.4, -0.2) is 14.8 Å². The fourth-order valence-electron chi connectivity index (χ4n) is 2.68. The van der Waals surface area contributed by atoms with Crippen LogP contribution in [0.15, 0.2) is 60.3 Å². The van der Waals surface area contributed by atoms with Gasteiger partial charge in [-0.05, 0) is 43.2 Å². The first-order chi connectivity index (χ1) is 13.1. The molecule has 6 heteroatoms. The average Bonchev–Trinajstić information content (AvgIpc) is 3.03. The number of halogens is 1. The van der Waals surface area contributed by atoms with Gasteiger partial charge in [-0.15, -0.1) is 16.8 Å². The zero-order valence-electron chi connectivity index (χ0n) is 15.5. The van der Waals surface area contributed by atoms with Crippen LogP contribution in [0.3, 0.4) is 0 Å². The summed E-state index contributed by atoms with van der Waals surface area (Å²) >= 11 is 1.56. The first kappa shape index (κ1) is 19.2. The molecule has 0 unspecified atom stereocenters. The molecule has 0 aliphatic carbocycles. The van der Waals surface area contributed by atoms with Crippen LogP contribution in [0.4, 0.5) is 4.39 Å². The molecule has 0 saturated carbocycles. The lowest BCUT2D eigenvalue weighted by Gasteiger charge is -2.11. The molecule has 140 valence electrons. The van der Waals surface area contributed by atoms with E-state index in [0.717, 1.165) is 27.9 Å². The Morgan fingerprint density at radius 2 is 1.93 bits per heavy atom. The number of aryl methyl sites for hydroxylation is 2. The van der Waals surface area contributed by atoms with Crippen molar-refractivity contribution < 1.29 is 9.13 Å². The van der Waals surface area contributed by atoms with Crippen molar-refractivity contribution in [3.8, 4) is 5.75 Å². The van der Waals surface area contributed by atoms with Crippen molar-refractivity contribution in [2.75, 3.05) is 0 Å². The first-order valence-electron chi connectivity index (χ1n) is 8.67. The van der Waals surface area contributed by atoms with Crippen molar-refractivity contribution in [1.29, 1.82) is 0 Å². The number of hydrogen-bond acceptors (Lipinski definition) is 4. The maximum atomic E-state index is 13.0. The second-order valence-electron chi connectivity index (χ2n) is 6.27. The number of aromatic nitrogens is 3. The molecule has 0 amide bonds. The van der Waals surface area contributed by atoms with Gasteiger partial charge in [0.2, 0.25) is 0 Å². The Morgan fingerprint density at radius 3 is 2.63 bits per heavy atom. The summed E-state index contributed by atoms with van der Waals surface area (Å²) in [5, 5.41) is 9.36. The Kier molecular flexibility index (Phi) is 6.29. The van der Waals surface area contributed by atoms with Crippen molar-refractivity contribution in [3.05, 3.63) is 83.5 Å². The van der Waals surface area contributed by atoms with Crippen molar-refractivity contribution >= 4 is 11.8 Å². The quantitative estimate of drug-likeness (QED) is 0.401. The van der Waals surface area contributed by atoms with Gasteiger partial charge in [0.1, 0.15) is 18.2 Å². The van der Waals surface area contributed by atoms with Gasteiger partial charge in [-0.2, -0.15) is 0 Å². The Morgan fingerprint density at radius 1 is 1.15 bits per heavy atom. The second-order valence-corrected chi connectivity index (χ2v) is 7.21. The maximum Gasteiger partial charge on any atom is 0.191 e. The number of nitrogens with zero attached hydrogens (tertiary/aromatic N) is 3. The summed E-state index contributed by atoms with van der Waals surface area (Å²) in [6.45, 7) is 8.84. The highest BCUT2D eigenvalue weighted by molar-refractivity contribution is 7.98. The molecule has 0 aliphatic rings. The van der Waals surface area contributed by atoms with Crippen molar-refractivity contribution in [1.82, 2.24) is 14.8 Å². The molecule has 27 heavy (non-hydrogen) atoms. The van der Waals surface area contributed by atoms with E-state index < -0.39 is 0 Å². The van der Waals surface area contributed by atoms with E-state index in [9.17, 15) is 4.39 Å². The van der Waals surface area contributed by atoms with Crippen molar-refractivity contribution in [2.45, 2.75) is 37.9 Å². The van der Waals surface area contributed by atoms with E-state index in [-0.39, 0.29) is 5.82 Å². The number of ether oxygens (including phenoxy) is 1. The van der Waals surface area contributed by atoms with E-state index in [1.54, 1.807) is 23.9 Å². The highest BCUT2D eigenvalue weighted by Gasteiger charge is 2.13. The van der Waals surface area contributed by atoms with E-state index in [2.05, 4.69) is 29.8 Å². The molecule has 0 saturated heterocycles. The number of hydrogen-bond donors (Lipinski definition) is 0. The summed E-state index contributed by atoms with van der Waals surface area (Å²) in [6, 6.07) is 12.6. The minimum absolute atomic E-state index is 0.232. The van der Waals surface area contributed by atoms with Crippen LogP contribution in [0.5, 0.6) is 5.75 Å². The molecule has 3 aromatic rings. The molecular formula is C21H22FN3OS. The maximum absolute atomic E-state index is 13.0. The van der Waals surface area contributed by atoms with Crippen molar-refractivity contribution in [2.24, 2.45) is 0 Å². The lowest BCUT2D eigenvalue weighted by molar-refractivity contribution is 0.287. The van der Waals surface area contributed by atoms with Gasteiger partial charge in [-0.1, -0.05) is 47.7 Å². The Hall–Kier alpha value is -2.60. The van der Waals surface area contributed by atoms with E-state index in [1.807, 2.05) is 29.7 Å². The van der Waals surface area contributed by atoms with Gasteiger partial charge < -0.3 is 4.74 Å². The van der Waals surface area contributed by atoms with E-state index in [0.29, 0.717) is 18.9 Å². The fourth-order valence-corrected chi connectivity index (χ4v) is 3.60. The first-order valence-corrected chi connectivity index (χ1v) is 9.65. The molecular weight excluding hydrogens is 361 g/mol. The SMILES string of the molecule is C=CCn1c(COc2ccc(C)cc2C)nnc1SCc1ccc(F)cc1. The predicted molar refractivity (Wildman–Crippen MR) is 106 cm³/mol. The number of rotatable bonds is 8. The van der Waals surface area contributed by atoms with E-state index in [4.69, 9.17) is 4.74 Å². The van der Waals surface area contributed by atoms with Crippen LogP contribution in [0.1, 0.15) is 22.5 Å². The Bertz CT molecular complexity index is 922. The van der Waals surface area contributed by atoms with Crippen LogP contribution in [0.2, 0.25) is 0 Å². The van der Waals surface area contributed by atoms with Gasteiger partial charge in [0, 0.05) is 12.3 Å². The lowest BCUT2D eigenvalue weighted by atomic mass is 10.1. The molecule has 0 atom stereocenters. The molecule has 3 rings (SSSR count). The summed E-state index contributed by atoms with van der Waals surface area (Å²) in [5.74, 6) is 2.04. The monoisotopic (exact) mass is 383 g/mol. The zero-order chi connectivity index (χ0) is 19.2. The molecule has 0 bridgehead atoms.